The fraction of sp³-hybridized carbons (Fsp3) is 0.270. The zero-order valence-corrected chi connectivity index (χ0v) is 26.1. The number of fused-ring (bicyclic) bond motifs is 3. The first-order valence-electron chi connectivity index (χ1n) is 15.0. The van der Waals surface area contributed by atoms with Crippen LogP contribution in [0.1, 0.15) is 60.3 Å². The van der Waals surface area contributed by atoms with Gasteiger partial charge in [0.1, 0.15) is 18.5 Å². The molecule has 0 saturated carbocycles. The summed E-state index contributed by atoms with van der Waals surface area (Å²) in [7, 11) is 0. The highest BCUT2D eigenvalue weighted by Gasteiger charge is 2.33. The quantitative estimate of drug-likeness (QED) is 0.0765. The largest absolute Gasteiger partial charge is 0.491 e. The first-order chi connectivity index (χ1) is 21.6. The molecule has 1 fully saturated rings. The molecule has 0 N–H and O–H groups in total. The van der Waals surface area contributed by atoms with E-state index in [-0.39, 0.29) is 11.9 Å². The van der Waals surface area contributed by atoms with E-state index in [4.69, 9.17) is 19.0 Å². The van der Waals surface area contributed by atoms with Gasteiger partial charge in [0.25, 0.3) is 0 Å². The molecule has 2 heterocycles. The Kier molecular flexibility index (Phi) is 8.27. The van der Waals surface area contributed by atoms with Gasteiger partial charge in [0.15, 0.2) is 11.6 Å². The van der Waals surface area contributed by atoms with Gasteiger partial charge in [-0.2, -0.15) is 0 Å². The molecule has 6 rings (SSSR count). The molecule has 0 spiro atoms. The van der Waals surface area contributed by atoms with E-state index >= 15 is 0 Å². The Hall–Kier alpha value is -4.79. The lowest BCUT2D eigenvalue weighted by molar-refractivity contribution is -0.141. The number of carbonyl (C=O) groups excluding carboxylic acids is 2. The molecule has 0 amide bonds. The van der Waals surface area contributed by atoms with E-state index in [2.05, 4.69) is 27.9 Å². The van der Waals surface area contributed by atoms with Crippen molar-refractivity contribution in [2.45, 2.75) is 53.1 Å². The SMILES string of the molecule is CC(=O)O/N=C(\C)c1ccc2c(c1)c1cc(C(=O)c3ccc(OCC4COC(C)(C)O4)cc3C)ccc1n2Cc1ccccc1. The van der Waals surface area contributed by atoms with Crippen LogP contribution in [0.5, 0.6) is 5.75 Å². The van der Waals surface area contributed by atoms with Crippen LogP contribution in [0.3, 0.4) is 0 Å². The number of nitrogens with zero attached hydrogens (tertiary/aromatic N) is 2. The Bertz CT molecular complexity index is 1940. The molecule has 1 aliphatic rings. The number of hydrogen-bond donors (Lipinski definition) is 0. The maximum Gasteiger partial charge on any atom is 0.331 e. The second-order valence-electron chi connectivity index (χ2n) is 11.9. The number of benzene rings is 4. The minimum atomic E-state index is -0.604. The molecule has 45 heavy (non-hydrogen) atoms. The second kappa shape index (κ2) is 12.3. The van der Waals surface area contributed by atoms with Crippen LogP contribution >= 0.6 is 0 Å². The highest BCUT2D eigenvalue weighted by Crippen LogP contribution is 2.33. The monoisotopic (exact) mass is 604 g/mol. The van der Waals surface area contributed by atoms with Crippen LogP contribution in [0.4, 0.5) is 0 Å². The molecule has 1 aliphatic heterocycles. The van der Waals surface area contributed by atoms with Crippen molar-refractivity contribution in [1.29, 1.82) is 0 Å². The molecule has 8 nitrogen and oxygen atoms in total. The Labute approximate surface area is 262 Å². The van der Waals surface area contributed by atoms with E-state index in [0.717, 1.165) is 32.9 Å². The summed E-state index contributed by atoms with van der Waals surface area (Å²) < 4.78 is 19.7. The number of oxime groups is 1. The van der Waals surface area contributed by atoms with Gasteiger partial charge in [-0.25, -0.2) is 4.79 Å². The molecule has 5 aromatic rings. The third-order valence-corrected chi connectivity index (χ3v) is 7.99. The lowest BCUT2D eigenvalue weighted by atomic mass is 9.97. The first kappa shape index (κ1) is 30.2. The number of aryl methyl sites for hydroxylation is 1. The predicted molar refractivity (Wildman–Crippen MR) is 174 cm³/mol. The zero-order valence-electron chi connectivity index (χ0n) is 26.1. The van der Waals surface area contributed by atoms with Gasteiger partial charge in [-0.15, -0.1) is 0 Å². The van der Waals surface area contributed by atoms with Crippen molar-refractivity contribution in [2.24, 2.45) is 5.16 Å². The van der Waals surface area contributed by atoms with Crippen molar-refractivity contribution in [3.63, 3.8) is 0 Å². The zero-order chi connectivity index (χ0) is 31.7. The summed E-state index contributed by atoms with van der Waals surface area (Å²) in [6.45, 7) is 10.3. The smallest absolute Gasteiger partial charge is 0.331 e. The molecule has 1 aromatic heterocycles. The number of ketones is 1. The van der Waals surface area contributed by atoms with Crippen molar-refractivity contribution in [3.8, 4) is 5.75 Å². The molecule has 4 aromatic carbocycles. The standard InChI is InChI=1S/C37H36N2O6/c1-23-17-29(42-21-30-22-43-37(4,5)44-30)13-14-31(23)36(41)28-12-16-35-33(19-28)32-18-27(24(2)38-45-25(3)40)11-15-34(32)39(35)20-26-9-7-6-8-10-26/h6-19,30H,20-22H2,1-5H3/b38-24+. The van der Waals surface area contributed by atoms with E-state index in [1.807, 2.05) is 87.5 Å². The van der Waals surface area contributed by atoms with Crippen LogP contribution in [0.25, 0.3) is 21.8 Å². The predicted octanol–water partition coefficient (Wildman–Crippen LogP) is 7.20. The van der Waals surface area contributed by atoms with Crippen molar-refractivity contribution in [3.05, 3.63) is 113 Å². The van der Waals surface area contributed by atoms with E-state index in [9.17, 15) is 9.59 Å². The Morgan fingerprint density at radius 3 is 2.24 bits per heavy atom. The lowest BCUT2D eigenvalue weighted by Gasteiger charge is -2.17. The van der Waals surface area contributed by atoms with Gasteiger partial charge in [0, 0.05) is 46.4 Å². The molecule has 1 saturated heterocycles. The normalized spacial score (nSPS) is 16.3. The maximum absolute atomic E-state index is 13.9. The summed E-state index contributed by atoms with van der Waals surface area (Å²) in [6.07, 6.45) is -0.144. The lowest BCUT2D eigenvalue weighted by Crippen LogP contribution is -2.25. The summed E-state index contributed by atoms with van der Waals surface area (Å²) in [4.78, 5) is 30.1. The van der Waals surface area contributed by atoms with Gasteiger partial charge in [0.05, 0.1) is 12.3 Å². The van der Waals surface area contributed by atoms with Gasteiger partial charge < -0.3 is 23.6 Å². The third kappa shape index (κ3) is 6.53. The van der Waals surface area contributed by atoms with E-state index < -0.39 is 11.8 Å². The van der Waals surface area contributed by atoms with Crippen LogP contribution in [0.2, 0.25) is 0 Å². The molecule has 1 unspecified atom stereocenters. The van der Waals surface area contributed by atoms with E-state index in [1.54, 1.807) is 6.92 Å². The van der Waals surface area contributed by atoms with Crippen molar-refractivity contribution >= 4 is 39.3 Å². The topological polar surface area (TPSA) is 88.3 Å². The van der Waals surface area contributed by atoms with Crippen molar-refractivity contribution < 1.29 is 28.6 Å². The maximum atomic E-state index is 13.9. The average molecular weight is 605 g/mol. The van der Waals surface area contributed by atoms with Gasteiger partial charge in [-0.05, 0) is 92.9 Å². The Morgan fingerprint density at radius 1 is 0.911 bits per heavy atom. The Balaban J connectivity index is 1.34. The average Bonchev–Trinajstić information content (AvgIpc) is 3.54. The van der Waals surface area contributed by atoms with Gasteiger partial charge in [-0.1, -0.05) is 41.6 Å². The number of rotatable bonds is 9. The number of aromatic nitrogens is 1. The van der Waals surface area contributed by atoms with Crippen molar-refractivity contribution in [2.75, 3.05) is 13.2 Å². The fourth-order valence-corrected chi connectivity index (χ4v) is 5.76. The summed E-state index contributed by atoms with van der Waals surface area (Å²) in [5.41, 5.74) is 6.64. The number of ether oxygens (including phenoxy) is 3. The van der Waals surface area contributed by atoms with E-state index in [0.29, 0.717) is 42.3 Å². The van der Waals surface area contributed by atoms with Crippen molar-refractivity contribution in [1.82, 2.24) is 4.57 Å². The summed E-state index contributed by atoms with van der Waals surface area (Å²) >= 11 is 0. The highest BCUT2D eigenvalue weighted by molar-refractivity contribution is 6.16. The summed E-state index contributed by atoms with van der Waals surface area (Å²) in [5, 5.41) is 5.91. The van der Waals surface area contributed by atoms with Crippen LogP contribution < -0.4 is 4.74 Å². The second-order valence-corrected chi connectivity index (χ2v) is 11.9. The number of hydrogen-bond acceptors (Lipinski definition) is 7. The fourth-order valence-electron chi connectivity index (χ4n) is 5.76. The molecule has 1 atom stereocenters. The van der Waals surface area contributed by atoms with Crippen LogP contribution in [-0.2, 0) is 25.7 Å². The molecule has 0 radical (unpaired) electrons. The van der Waals surface area contributed by atoms with Gasteiger partial charge in [0.2, 0.25) is 0 Å². The molecule has 0 bridgehead atoms. The van der Waals surface area contributed by atoms with E-state index in [1.165, 1.54) is 12.5 Å². The summed E-state index contributed by atoms with van der Waals surface area (Å²) in [5.74, 6) is -0.472. The third-order valence-electron chi connectivity index (χ3n) is 7.99. The molecular weight excluding hydrogens is 568 g/mol. The minimum absolute atomic E-state index is 0.0667. The highest BCUT2D eigenvalue weighted by atomic mass is 16.7. The Morgan fingerprint density at radius 2 is 1.60 bits per heavy atom. The molecule has 8 heteroatoms. The molecular formula is C37H36N2O6. The number of carbonyl (C=O) groups is 2. The minimum Gasteiger partial charge on any atom is -0.491 e. The van der Waals surface area contributed by atoms with Crippen LogP contribution in [-0.4, -0.2) is 47.1 Å². The molecule has 230 valence electrons. The first-order valence-corrected chi connectivity index (χ1v) is 15.0. The van der Waals surface area contributed by atoms with Crippen LogP contribution in [0.15, 0.2) is 90.1 Å². The van der Waals surface area contributed by atoms with Gasteiger partial charge >= 0.3 is 5.97 Å². The summed E-state index contributed by atoms with van der Waals surface area (Å²) in [6, 6.07) is 27.7. The van der Waals surface area contributed by atoms with Gasteiger partial charge in [-0.3, -0.25) is 4.79 Å². The van der Waals surface area contributed by atoms with Crippen LogP contribution in [0, 0.1) is 6.92 Å². The molecule has 0 aliphatic carbocycles.